The summed E-state index contributed by atoms with van der Waals surface area (Å²) in [5.41, 5.74) is 0. The number of ketones is 1. The monoisotopic (exact) mass is 182 g/mol. The lowest BCUT2D eigenvalue weighted by atomic mass is 9.99. The molecule has 0 fully saturated rings. The van der Waals surface area contributed by atoms with Crippen molar-refractivity contribution in [3.05, 3.63) is 0 Å². The Morgan fingerprint density at radius 1 is 1.42 bits per heavy atom. The summed E-state index contributed by atoms with van der Waals surface area (Å²) in [4.78, 5) is 10.4. The molecule has 0 aliphatic carbocycles. The molecule has 0 aromatic carbocycles. The molecule has 1 unspecified atom stereocenters. The number of carbonyl (C=O) groups is 1. The predicted octanol–water partition coefficient (Wildman–Crippen LogP) is 2.94. The van der Waals surface area contributed by atoms with Gasteiger partial charge in [0.2, 0.25) is 5.78 Å². The van der Waals surface area contributed by atoms with Gasteiger partial charge in [0.25, 0.3) is 0 Å². The van der Waals surface area contributed by atoms with E-state index in [2.05, 4.69) is 0 Å². The van der Waals surface area contributed by atoms with E-state index in [1.54, 1.807) is 6.92 Å². The van der Waals surface area contributed by atoms with E-state index >= 15 is 0 Å². The van der Waals surface area contributed by atoms with Gasteiger partial charge in [-0.3, -0.25) is 4.79 Å². The quantitative estimate of drug-likeness (QED) is 0.653. The van der Waals surface area contributed by atoms with E-state index in [-0.39, 0.29) is 12.3 Å². The molecule has 12 heavy (non-hydrogen) atoms. The molecule has 0 aromatic heterocycles. The molecule has 0 aliphatic rings. The van der Waals surface area contributed by atoms with E-state index in [0.717, 1.165) is 6.42 Å². The van der Waals surface area contributed by atoms with Crippen molar-refractivity contribution in [2.45, 2.75) is 39.3 Å². The van der Waals surface area contributed by atoms with Crippen molar-refractivity contribution in [3.8, 4) is 0 Å². The highest BCUT2D eigenvalue weighted by Crippen LogP contribution is 2.22. The maximum absolute atomic E-state index is 11.7. The first-order valence-electron chi connectivity index (χ1n) is 3.98. The Morgan fingerprint density at radius 3 is 2.25 bits per heavy atom. The fourth-order valence-corrected chi connectivity index (χ4v) is 1.03. The summed E-state index contributed by atoms with van der Waals surface area (Å²) in [5.74, 6) is -1.77. The Morgan fingerprint density at radius 2 is 1.92 bits per heavy atom. The lowest BCUT2D eigenvalue weighted by Gasteiger charge is -2.10. The maximum atomic E-state index is 11.7. The number of halogens is 3. The van der Waals surface area contributed by atoms with E-state index in [0.29, 0.717) is 6.42 Å². The number of hydrogen-bond donors (Lipinski definition) is 0. The molecular formula is C8H13F3O. The number of Topliss-reactive ketones (excluding diaryl/α,β-unsaturated/α-hetero) is 1. The zero-order valence-electron chi connectivity index (χ0n) is 7.24. The molecule has 1 atom stereocenters. The molecule has 0 spiro atoms. The topological polar surface area (TPSA) is 17.1 Å². The number of carbonyl (C=O) groups excluding carboxylic acids is 1. The van der Waals surface area contributed by atoms with Gasteiger partial charge in [0.15, 0.2) is 0 Å². The lowest BCUT2D eigenvalue weighted by molar-refractivity contribution is -0.172. The van der Waals surface area contributed by atoms with Gasteiger partial charge < -0.3 is 0 Å². The van der Waals surface area contributed by atoms with Crippen molar-refractivity contribution in [1.29, 1.82) is 0 Å². The van der Waals surface area contributed by atoms with Crippen LogP contribution in [-0.2, 0) is 4.79 Å². The van der Waals surface area contributed by atoms with Gasteiger partial charge in [0.05, 0.1) is 0 Å². The summed E-state index contributed by atoms with van der Waals surface area (Å²) in [7, 11) is 0. The van der Waals surface area contributed by atoms with Crippen LogP contribution in [0.5, 0.6) is 0 Å². The highest BCUT2D eigenvalue weighted by molar-refractivity contribution is 5.84. The Labute approximate surface area is 70.0 Å². The van der Waals surface area contributed by atoms with Crippen LogP contribution in [0.3, 0.4) is 0 Å². The van der Waals surface area contributed by atoms with Crippen LogP contribution in [0.2, 0.25) is 0 Å². The smallest absolute Gasteiger partial charge is 0.290 e. The molecule has 0 radical (unpaired) electrons. The average Bonchev–Trinajstić information content (AvgIpc) is 1.85. The van der Waals surface area contributed by atoms with E-state index < -0.39 is 12.0 Å². The summed E-state index contributed by atoms with van der Waals surface area (Å²) >= 11 is 0. The minimum atomic E-state index is -4.65. The molecule has 0 rings (SSSR count). The number of alkyl halides is 3. The van der Waals surface area contributed by atoms with E-state index in [4.69, 9.17) is 0 Å². The largest absolute Gasteiger partial charge is 0.449 e. The molecule has 0 amide bonds. The second kappa shape index (κ2) is 4.48. The Kier molecular flexibility index (Phi) is 4.28. The number of rotatable bonds is 4. The fraction of sp³-hybridized carbons (Fsp3) is 0.875. The molecule has 0 aromatic rings. The van der Waals surface area contributed by atoms with Crippen molar-refractivity contribution in [2.75, 3.05) is 0 Å². The first-order chi connectivity index (χ1) is 5.38. The Bertz CT molecular complexity index is 151. The first-order valence-corrected chi connectivity index (χ1v) is 3.98. The van der Waals surface area contributed by atoms with Gasteiger partial charge in [-0.15, -0.1) is 0 Å². The summed E-state index contributed by atoms with van der Waals surface area (Å²) in [6.45, 7) is 3.54. The Balaban J connectivity index is 3.85. The molecule has 1 nitrogen and oxygen atoms in total. The van der Waals surface area contributed by atoms with E-state index in [1.807, 2.05) is 6.92 Å². The molecule has 4 heteroatoms. The van der Waals surface area contributed by atoms with Gasteiger partial charge in [-0.2, -0.15) is 13.2 Å². The highest BCUT2D eigenvalue weighted by Gasteiger charge is 2.38. The first kappa shape index (κ1) is 11.5. The molecule has 0 saturated carbocycles. The van der Waals surface area contributed by atoms with Crippen LogP contribution in [0.1, 0.15) is 33.1 Å². The van der Waals surface area contributed by atoms with Crippen molar-refractivity contribution in [1.82, 2.24) is 0 Å². The van der Waals surface area contributed by atoms with E-state index in [1.165, 1.54) is 0 Å². The zero-order valence-corrected chi connectivity index (χ0v) is 7.24. The van der Waals surface area contributed by atoms with Crippen LogP contribution in [0, 0.1) is 5.92 Å². The fourth-order valence-electron chi connectivity index (χ4n) is 1.03. The SMILES string of the molecule is CCCC(C)CC(=O)C(F)(F)F. The molecule has 0 aliphatic heterocycles. The molecule has 0 N–H and O–H groups in total. The molecule has 0 heterocycles. The summed E-state index contributed by atoms with van der Waals surface area (Å²) in [5, 5.41) is 0. The van der Waals surface area contributed by atoms with Gasteiger partial charge >= 0.3 is 6.18 Å². The average molecular weight is 182 g/mol. The van der Waals surface area contributed by atoms with Crippen molar-refractivity contribution in [3.63, 3.8) is 0 Å². The zero-order chi connectivity index (χ0) is 9.78. The van der Waals surface area contributed by atoms with Gasteiger partial charge in [-0.05, 0) is 5.92 Å². The second-order valence-corrected chi connectivity index (χ2v) is 3.02. The molecule has 72 valence electrons. The molecule has 0 bridgehead atoms. The lowest BCUT2D eigenvalue weighted by Crippen LogP contribution is -2.24. The van der Waals surface area contributed by atoms with Gasteiger partial charge in [0.1, 0.15) is 0 Å². The Hall–Kier alpha value is -0.540. The third kappa shape index (κ3) is 4.36. The van der Waals surface area contributed by atoms with Crippen molar-refractivity contribution in [2.24, 2.45) is 5.92 Å². The number of hydrogen-bond acceptors (Lipinski definition) is 1. The summed E-state index contributed by atoms with van der Waals surface area (Å²) in [6, 6.07) is 0. The molecule has 0 saturated heterocycles. The standard InChI is InChI=1S/C8H13F3O/c1-3-4-6(2)5-7(12)8(9,10)11/h6H,3-5H2,1-2H3. The summed E-state index contributed by atoms with van der Waals surface area (Å²) < 4.78 is 35.1. The van der Waals surface area contributed by atoms with E-state index in [9.17, 15) is 18.0 Å². The van der Waals surface area contributed by atoms with Gasteiger partial charge in [-0.1, -0.05) is 26.7 Å². The normalized spacial score (nSPS) is 14.4. The van der Waals surface area contributed by atoms with Crippen LogP contribution in [0.15, 0.2) is 0 Å². The minimum Gasteiger partial charge on any atom is -0.290 e. The second-order valence-electron chi connectivity index (χ2n) is 3.02. The van der Waals surface area contributed by atoms with Crippen molar-refractivity contribution >= 4 is 5.78 Å². The third-order valence-electron chi connectivity index (χ3n) is 1.63. The van der Waals surface area contributed by atoms with Crippen LogP contribution >= 0.6 is 0 Å². The highest BCUT2D eigenvalue weighted by atomic mass is 19.4. The third-order valence-corrected chi connectivity index (χ3v) is 1.63. The van der Waals surface area contributed by atoms with Crippen molar-refractivity contribution < 1.29 is 18.0 Å². The van der Waals surface area contributed by atoms with Crippen LogP contribution in [-0.4, -0.2) is 12.0 Å². The maximum Gasteiger partial charge on any atom is 0.449 e. The predicted molar refractivity (Wildman–Crippen MR) is 39.8 cm³/mol. The van der Waals surface area contributed by atoms with Gasteiger partial charge in [-0.25, -0.2) is 0 Å². The summed E-state index contributed by atoms with van der Waals surface area (Å²) in [6.07, 6.45) is -3.55. The van der Waals surface area contributed by atoms with Gasteiger partial charge in [0, 0.05) is 6.42 Å². The van der Waals surface area contributed by atoms with Crippen LogP contribution in [0.4, 0.5) is 13.2 Å². The van der Waals surface area contributed by atoms with Crippen LogP contribution < -0.4 is 0 Å². The minimum absolute atomic E-state index is 0.163. The van der Waals surface area contributed by atoms with Crippen LogP contribution in [0.25, 0.3) is 0 Å². The molecular weight excluding hydrogens is 169 g/mol.